The molecule has 1 aliphatic rings. The Balaban J connectivity index is 1.54. The number of aliphatic hydroxyl groups is 1. The van der Waals surface area contributed by atoms with Gasteiger partial charge in [-0.2, -0.15) is 0 Å². The van der Waals surface area contributed by atoms with E-state index in [1.807, 2.05) is 38.1 Å². The molecule has 6 heteroatoms. The summed E-state index contributed by atoms with van der Waals surface area (Å²) in [4.78, 5) is 10.8. The number of hydrogen-bond donors (Lipinski definition) is 1. The van der Waals surface area contributed by atoms with Gasteiger partial charge in [0.05, 0.1) is 12.3 Å². The highest BCUT2D eigenvalue weighted by Crippen LogP contribution is 2.24. The predicted octanol–water partition coefficient (Wildman–Crippen LogP) is 1.98. The summed E-state index contributed by atoms with van der Waals surface area (Å²) in [7, 11) is 0. The van der Waals surface area contributed by atoms with Gasteiger partial charge in [-0.25, -0.2) is 9.97 Å². The van der Waals surface area contributed by atoms with Gasteiger partial charge in [0.1, 0.15) is 24.8 Å². The van der Waals surface area contributed by atoms with Gasteiger partial charge < -0.3 is 14.6 Å². The second-order valence-corrected chi connectivity index (χ2v) is 6.30. The Labute approximate surface area is 148 Å². The molecule has 0 bridgehead atoms. The highest BCUT2D eigenvalue weighted by molar-refractivity contribution is 5.31. The quantitative estimate of drug-likeness (QED) is 0.829. The van der Waals surface area contributed by atoms with E-state index >= 15 is 0 Å². The van der Waals surface area contributed by atoms with Crippen LogP contribution in [0.3, 0.4) is 0 Å². The first-order chi connectivity index (χ1) is 12.2. The van der Waals surface area contributed by atoms with Crippen molar-refractivity contribution in [3.63, 3.8) is 0 Å². The Bertz CT molecular complexity index is 691. The lowest BCUT2D eigenvalue weighted by Crippen LogP contribution is -2.39. The lowest BCUT2D eigenvalue weighted by molar-refractivity contribution is 0.0629. The fourth-order valence-corrected chi connectivity index (χ4v) is 2.97. The minimum atomic E-state index is -0.553. The second-order valence-electron chi connectivity index (χ2n) is 6.30. The molecule has 2 aromatic rings. The summed E-state index contributed by atoms with van der Waals surface area (Å²) < 4.78 is 11.3. The van der Waals surface area contributed by atoms with E-state index in [1.54, 1.807) is 6.33 Å². The lowest BCUT2D eigenvalue weighted by atomic mass is 10.1. The topological polar surface area (TPSA) is 67.7 Å². The van der Waals surface area contributed by atoms with E-state index in [-0.39, 0.29) is 6.61 Å². The molecule has 6 nitrogen and oxygen atoms in total. The number of aryl methyl sites for hydroxylation is 1. The van der Waals surface area contributed by atoms with E-state index in [9.17, 15) is 5.11 Å². The van der Waals surface area contributed by atoms with Crippen LogP contribution in [0.25, 0.3) is 0 Å². The standard InChI is InChI=1S/C19H25N3O3/c1-3-24-19-17-11-22(9-8-18(17)20-13-21-19)10-15(23)12-25-16-6-4-14(2)5-7-16/h4-7,13,15,23H,3,8-12H2,1-2H3/t15-/m1/s1. The Morgan fingerprint density at radius 1 is 1.20 bits per heavy atom. The first-order valence-corrected chi connectivity index (χ1v) is 8.71. The minimum absolute atomic E-state index is 0.274. The summed E-state index contributed by atoms with van der Waals surface area (Å²) in [6.45, 7) is 6.93. The summed E-state index contributed by atoms with van der Waals surface area (Å²) in [6.07, 6.45) is 1.84. The number of fused-ring (bicyclic) bond motifs is 1. The molecule has 0 unspecified atom stereocenters. The van der Waals surface area contributed by atoms with Crippen LogP contribution in [-0.2, 0) is 13.0 Å². The largest absolute Gasteiger partial charge is 0.491 e. The molecule has 25 heavy (non-hydrogen) atoms. The molecule has 1 aromatic heterocycles. The third kappa shape index (κ3) is 4.67. The van der Waals surface area contributed by atoms with Gasteiger partial charge in [0.2, 0.25) is 5.88 Å². The summed E-state index contributed by atoms with van der Waals surface area (Å²) in [5, 5.41) is 10.3. The molecule has 1 atom stereocenters. The van der Waals surface area contributed by atoms with Crippen LogP contribution in [0.15, 0.2) is 30.6 Å². The highest BCUT2D eigenvalue weighted by Gasteiger charge is 2.23. The second kappa shape index (κ2) is 8.27. The number of rotatable bonds is 7. The van der Waals surface area contributed by atoms with Crippen molar-refractivity contribution in [3.8, 4) is 11.6 Å². The van der Waals surface area contributed by atoms with Crippen LogP contribution in [0.5, 0.6) is 11.6 Å². The molecule has 0 spiro atoms. The van der Waals surface area contributed by atoms with Crippen molar-refractivity contribution in [2.75, 3.05) is 26.3 Å². The minimum Gasteiger partial charge on any atom is -0.491 e. The zero-order valence-electron chi connectivity index (χ0n) is 14.8. The van der Waals surface area contributed by atoms with Crippen molar-refractivity contribution in [3.05, 3.63) is 47.4 Å². The average molecular weight is 343 g/mol. The summed E-state index contributed by atoms with van der Waals surface area (Å²) >= 11 is 0. The molecule has 3 rings (SSSR count). The summed E-state index contributed by atoms with van der Waals surface area (Å²) in [6, 6.07) is 7.84. The molecule has 0 saturated carbocycles. The van der Waals surface area contributed by atoms with Crippen molar-refractivity contribution in [2.45, 2.75) is 32.9 Å². The van der Waals surface area contributed by atoms with Crippen LogP contribution in [0.1, 0.15) is 23.7 Å². The van der Waals surface area contributed by atoms with Gasteiger partial charge in [-0.05, 0) is 26.0 Å². The predicted molar refractivity (Wildman–Crippen MR) is 94.9 cm³/mol. The molecule has 1 aromatic carbocycles. The fraction of sp³-hybridized carbons (Fsp3) is 0.474. The van der Waals surface area contributed by atoms with Crippen LogP contribution >= 0.6 is 0 Å². The number of ether oxygens (including phenoxy) is 2. The van der Waals surface area contributed by atoms with Gasteiger partial charge in [-0.1, -0.05) is 17.7 Å². The Morgan fingerprint density at radius 2 is 2.00 bits per heavy atom. The van der Waals surface area contributed by atoms with Gasteiger partial charge >= 0.3 is 0 Å². The monoisotopic (exact) mass is 343 g/mol. The first kappa shape index (κ1) is 17.6. The molecule has 0 saturated heterocycles. The number of β-amino-alcohol motifs (C(OH)–C–C–N with tert-alkyl or cyclic N) is 1. The number of benzene rings is 1. The number of aromatic nitrogens is 2. The van der Waals surface area contributed by atoms with Gasteiger partial charge in [0, 0.05) is 31.6 Å². The Morgan fingerprint density at radius 3 is 2.76 bits per heavy atom. The van der Waals surface area contributed by atoms with Crippen LogP contribution < -0.4 is 9.47 Å². The summed E-state index contributed by atoms with van der Waals surface area (Å²) in [5.41, 5.74) is 3.26. The number of nitrogens with zero attached hydrogens (tertiary/aromatic N) is 3. The van der Waals surface area contributed by atoms with Crippen molar-refractivity contribution >= 4 is 0 Å². The zero-order valence-corrected chi connectivity index (χ0v) is 14.8. The third-order valence-electron chi connectivity index (χ3n) is 4.25. The summed E-state index contributed by atoms with van der Waals surface area (Å²) in [5.74, 6) is 1.43. The zero-order chi connectivity index (χ0) is 17.6. The molecule has 1 N–H and O–H groups in total. The van der Waals surface area contributed by atoms with Crippen molar-refractivity contribution in [1.82, 2.24) is 14.9 Å². The van der Waals surface area contributed by atoms with E-state index in [0.29, 0.717) is 25.6 Å². The van der Waals surface area contributed by atoms with E-state index in [1.165, 1.54) is 5.56 Å². The molecule has 0 amide bonds. The fourth-order valence-electron chi connectivity index (χ4n) is 2.97. The van der Waals surface area contributed by atoms with Gasteiger partial charge in [-0.15, -0.1) is 0 Å². The van der Waals surface area contributed by atoms with Crippen molar-refractivity contribution in [1.29, 1.82) is 0 Å². The highest BCUT2D eigenvalue weighted by atomic mass is 16.5. The van der Waals surface area contributed by atoms with E-state index in [4.69, 9.17) is 9.47 Å². The lowest BCUT2D eigenvalue weighted by Gasteiger charge is -2.30. The van der Waals surface area contributed by atoms with Crippen LogP contribution in [0.4, 0.5) is 0 Å². The molecule has 0 fully saturated rings. The average Bonchev–Trinajstić information content (AvgIpc) is 2.62. The smallest absolute Gasteiger partial charge is 0.221 e. The molecular weight excluding hydrogens is 318 g/mol. The van der Waals surface area contributed by atoms with Gasteiger partial charge in [-0.3, -0.25) is 4.90 Å². The van der Waals surface area contributed by atoms with E-state index in [2.05, 4.69) is 14.9 Å². The normalized spacial score (nSPS) is 15.5. The number of aliphatic hydroxyl groups excluding tert-OH is 1. The molecule has 2 heterocycles. The van der Waals surface area contributed by atoms with E-state index < -0.39 is 6.10 Å². The Kier molecular flexibility index (Phi) is 5.83. The molecule has 0 radical (unpaired) electrons. The van der Waals surface area contributed by atoms with Gasteiger partial charge in [0.15, 0.2) is 0 Å². The van der Waals surface area contributed by atoms with Crippen molar-refractivity contribution < 1.29 is 14.6 Å². The molecule has 0 aliphatic carbocycles. The maximum absolute atomic E-state index is 10.3. The number of hydrogen-bond acceptors (Lipinski definition) is 6. The maximum Gasteiger partial charge on any atom is 0.221 e. The Hall–Kier alpha value is -2.18. The first-order valence-electron chi connectivity index (χ1n) is 8.71. The van der Waals surface area contributed by atoms with Crippen LogP contribution in [0.2, 0.25) is 0 Å². The third-order valence-corrected chi connectivity index (χ3v) is 4.25. The molecule has 1 aliphatic heterocycles. The SMILES string of the molecule is CCOc1ncnc2c1CN(C[C@@H](O)COc1ccc(C)cc1)CC2. The molecular formula is C19H25N3O3. The van der Waals surface area contributed by atoms with Gasteiger partial charge in [0.25, 0.3) is 0 Å². The molecule has 134 valence electrons. The maximum atomic E-state index is 10.3. The van der Waals surface area contributed by atoms with Crippen LogP contribution in [0, 0.1) is 6.92 Å². The van der Waals surface area contributed by atoms with E-state index in [0.717, 1.165) is 30.0 Å². The van der Waals surface area contributed by atoms with Crippen LogP contribution in [-0.4, -0.2) is 52.4 Å². The van der Waals surface area contributed by atoms with Crippen molar-refractivity contribution in [2.24, 2.45) is 0 Å².